The summed E-state index contributed by atoms with van der Waals surface area (Å²) in [6, 6.07) is 16.2. The van der Waals surface area contributed by atoms with Gasteiger partial charge in [0, 0.05) is 0 Å². The van der Waals surface area contributed by atoms with Crippen LogP contribution in [-0.4, -0.2) is 0 Å². The van der Waals surface area contributed by atoms with Crippen molar-refractivity contribution in [3.05, 3.63) is 102 Å². The Morgan fingerprint density at radius 3 is 1.80 bits per heavy atom. The van der Waals surface area contributed by atoms with E-state index >= 15 is 0 Å². The van der Waals surface area contributed by atoms with Crippen molar-refractivity contribution in [1.29, 1.82) is 0 Å². The average molecular weight is 324 g/mol. The molecule has 0 aliphatic heterocycles. The molecule has 0 fully saturated rings. The maximum absolute atomic E-state index is 2.43. The smallest absolute Gasteiger partial charge is 0.00640 e. The molecule has 124 valence electrons. The van der Waals surface area contributed by atoms with Gasteiger partial charge in [0.2, 0.25) is 0 Å². The minimum Gasteiger partial charge on any atom is -0.0613 e. The summed E-state index contributed by atoms with van der Waals surface area (Å²) in [6.45, 7) is 6.91. The molecule has 25 heavy (non-hydrogen) atoms. The Bertz CT molecular complexity index is 1210. The molecule has 3 aromatic rings. The summed E-state index contributed by atoms with van der Waals surface area (Å²) in [7, 11) is 0. The van der Waals surface area contributed by atoms with Crippen molar-refractivity contribution in [1.82, 2.24) is 0 Å². The lowest BCUT2D eigenvalue weighted by Crippen LogP contribution is -2.04. The Labute approximate surface area is 149 Å². The van der Waals surface area contributed by atoms with E-state index in [0.717, 1.165) is 25.7 Å². The molecule has 0 saturated carbocycles. The standard InChI is InChI=1S/C25H24/c1-15-14-20-11-10-18-6-4-8-22-23-9-5-7-19(25(23)24(18)22)12-13-21(16(15)2)17(20)3/h4-9,14H,10-13H2,1-3H3. The Morgan fingerprint density at radius 1 is 0.600 bits per heavy atom. The van der Waals surface area contributed by atoms with Crippen LogP contribution in [0.4, 0.5) is 0 Å². The van der Waals surface area contributed by atoms with Gasteiger partial charge in [-0.05, 0) is 106 Å². The van der Waals surface area contributed by atoms with E-state index in [-0.39, 0.29) is 0 Å². The predicted octanol–water partition coefficient (Wildman–Crippen LogP) is 5.38. The fourth-order valence-electron chi connectivity index (χ4n) is 4.95. The topological polar surface area (TPSA) is 0 Å². The Morgan fingerprint density at radius 2 is 1.16 bits per heavy atom. The van der Waals surface area contributed by atoms with Crippen molar-refractivity contribution in [3.63, 3.8) is 0 Å². The lowest BCUT2D eigenvalue weighted by atomic mass is 9.88. The van der Waals surface area contributed by atoms with Crippen LogP contribution in [0.3, 0.4) is 0 Å². The van der Waals surface area contributed by atoms with Crippen molar-refractivity contribution in [2.75, 3.05) is 0 Å². The van der Waals surface area contributed by atoms with E-state index in [1.54, 1.807) is 11.1 Å². The molecule has 0 heterocycles. The zero-order valence-corrected chi connectivity index (χ0v) is 15.4. The first-order valence-corrected chi connectivity index (χ1v) is 9.48. The molecule has 0 unspecified atom stereocenters. The average Bonchev–Trinajstić information content (AvgIpc) is 2.62. The van der Waals surface area contributed by atoms with Crippen molar-refractivity contribution >= 4 is 0 Å². The highest BCUT2D eigenvalue weighted by atomic mass is 14.2. The van der Waals surface area contributed by atoms with Crippen LogP contribution in [-0.2, 0) is 25.7 Å². The molecule has 0 saturated heterocycles. The van der Waals surface area contributed by atoms with E-state index < -0.39 is 0 Å². The first-order valence-electron chi connectivity index (χ1n) is 9.48. The van der Waals surface area contributed by atoms with Gasteiger partial charge in [-0.3, -0.25) is 0 Å². The van der Waals surface area contributed by atoms with Gasteiger partial charge in [-0.2, -0.15) is 0 Å². The Kier molecular flexibility index (Phi) is 3.19. The summed E-state index contributed by atoms with van der Waals surface area (Å²) in [5, 5.41) is 6.00. The second kappa shape index (κ2) is 5.33. The predicted molar refractivity (Wildman–Crippen MR) is 104 cm³/mol. The van der Waals surface area contributed by atoms with Crippen LogP contribution in [0.5, 0.6) is 0 Å². The van der Waals surface area contributed by atoms with E-state index in [0.29, 0.717) is 0 Å². The van der Waals surface area contributed by atoms with Gasteiger partial charge >= 0.3 is 0 Å². The first-order chi connectivity index (χ1) is 12.1. The molecular weight excluding hydrogens is 300 g/mol. The van der Waals surface area contributed by atoms with Crippen LogP contribution in [0.1, 0.15) is 38.9 Å². The summed E-state index contributed by atoms with van der Waals surface area (Å²) in [5.74, 6) is 0. The van der Waals surface area contributed by atoms with Gasteiger partial charge in [0.25, 0.3) is 0 Å². The fraction of sp³-hybridized carbons (Fsp3) is 0.280. The maximum atomic E-state index is 2.43. The molecule has 0 nitrogen and oxygen atoms in total. The molecule has 0 atom stereocenters. The third kappa shape index (κ3) is 2.07. The van der Waals surface area contributed by atoms with Crippen LogP contribution in [0, 0.1) is 41.6 Å². The highest BCUT2D eigenvalue weighted by Gasteiger charge is 2.16. The summed E-state index contributed by atoms with van der Waals surface area (Å²) in [6.07, 6.45) is 4.58. The normalized spacial score (nSPS) is 14.4. The lowest BCUT2D eigenvalue weighted by Gasteiger charge is -2.17. The third-order valence-electron chi connectivity index (χ3n) is 6.52. The SMILES string of the molecule is Cc1cc2c(C)c(c1C)CCc1cccc3c1=c1c(cccc1=3)CC2. The fourth-order valence-corrected chi connectivity index (χ4v) is 4.95. The number of aryl methyl sites for hydroxylation is 4. The van der Waals surface area contributed by atoms with Crippen molar-refractivity contribution in [2.45, 2.75) is 46.5 Å². The minimum absolute atomic E-state index is 1.14. The zero-order chi connectivity index (χ0) is 17.1. The Hall–Kier alpha value is -2.34. The summed E-state index contributed by atoms with van der Waals surface area (Å²) in [5.41, 5.74) is 10.7. The van der Waals surface area contributed by atoms with Crippen LogP contribution >= 0.6 is 0 Å². The quantitative estimate of drug-likeness (QED) is 0.407. The van der Waals surface area contributed by atoms with E-state index in [4.69, 9.17) is 0 Å². The number of rotatable bonds is 0. The first kappa shape index (κ1) is 15.0. The van der Waals surface area contributed by atoms with Gasteiger partial charge in [-0.15, -0.1) is 0 Å². The van der Waals surface area contributed by atoms with E-state index in [9.17, 15) is 0 Å². The molecule has 2 bridgehead atoms. The van der Waals surface area contributed by atoms with Gasteiger partial charge in [0.1, 0.15) is 0 Å². The Balaban J connectivity index is 1.80. The highest BCUT2D eigenvalue weighted by Crippen LogP contribution is 2.28. The van der Waals surface area contributed by atoms with E-state index in [1.165, 1.54) is 48.7 Å². The van der Waals surface area contributed by atoms with E-state index in [2.05, 4.69) is 63.2 Å². The minimum atomic E-state index is 1.14. The lowest BCUT2D eigenvalue weighted by molar-refractivity contribution is 0.903. The van der Waals surface area contributed by atoms with Gasteiger partial charge < -0.3 is 0 Å². The van der Waals surface area contributed by atoms with Crippen molar-refractivity contribution in [2.24, 2.45) is 0 Å². The van der Waals surface area contributed by atoms with Crippen LogP contribution < -0.4 is 0 Å². The molecule has 5 rings (SSSR count). The van der Waals surface area contributed by atoms with Gasteiger partial charge in [-0.1, -0.05) is 42.5 Å². The van der Waals surface area contributed by atoms with Crippen molar-refractivity contribution in [3.8, 4) is 0 Å². The summed E-state index contributed by atoms with van der Waals surface area (Å²) < 4.78 is 0. The molecule has 0 radical (unpaired) electrons. The molecule has 0 amide bonds. The zero-order valence-electron chi connectivity index (χ0n) is 15.4. The van der Waals surface area contributed by atoms with Gasteiger partial charge in [0.15, 0.2) is 0 Å². The van der Waals surface area contributed by atoms with Crippen LogP contribution in [0.2, 0.25) is 0 Å². The number of hydrogen-bond acceptors (Lipinski definition) is 0. The monoisotopic (exact) mass is 324 g/mol. The number of hydrogen-bond donors (Lipinski definition) is 0. The molecule has 0 N–H and O–H groups in total. The van der Waals surface area contributed by atoms with Crippen LogP contribution in [0.25, 0.3) is 0 Å². The number of fused-ring (bicyclic) bond motifs is 2. The summed E-state index contributed by atoms with van der Waals surface area (Å²) >= 11 is 0. The van der Waals surface area contributed by atoms with Gasteiger partial charge in [0.05, 0.1) is 0 Å². The molecule has 3 aromatic carbocycles. The van der Waals surface area contributed by atoms with Gasteiger partial charge in [-0.25, -0.2) is 0 Å². The molecule has 0 spiro atoms. The second-order valence-electron chi connectivity index (χ2n) is 7.76. The third-order valence-corrected chi connectivity index (χ3v) is 6.52. The van der Waals surface area contributed by atoms with Crippen molar-refractivity contribution < 1.29 is 0 Å². The van der Waals surface area contributed by atoms with Crippen LogP contribution in [0.15, 0.2) is 42.5 Å². The largest absolute Gasteiger partial charge is 0.0613 e. The molecule has 2 aliphatic carbocycles. The van der Waals surface area contributed by atoms with E-state index in [1.807, 2.05) is 0 Å². The molecular formula is C25H24. The number of benzene rings is 3. The molecule has 2 aliphatic rings. The molecule has 0 heteroatoms. The maximum Gasteiger partial charge on any atom is -0.00640 e. The molecule has 0 aromatic heterocycles. The second-order valence-corrected chi connectivity index (χ2v) is 7.76. The highest BCUT2D eigenvalue weighted by molar-refractivity contribution is 5.46. The summed E-state index contributed by atoms with van der Waals surface area (Å²) in [4.78, 5) is 0.